The Morgan fingerprint density at radius 3 is 2.31 bits per heavy atom. The molecule has 0 bridgehead atoms. The van der Waals surface area contributed by atoms with Crippen molar-refractivity contribution < 1.29 is 33.6 Å². The Kier molecular flexibility index (Phi) is 5.97. The van der Waals surface area contributed by atoms with Crippen molar-refractivity contribution in [1.82, 2.24) is 30.5 Å². The summed E-state index contributed by atoms with van der Waals surface area (Å²) < 4.78 is 0. The fourth-order valence-corrected chi connectivity index (χ4v) is 1.67. The Morgan fingerprint density at radius 1 is 1.08 bits per heavy atom. The van der Waals surface area contributed by atoms with Crippen molar-refractivity contribution >= 4 is 29.7 Å². The molecule has 1 aromatic heterocycles. The van der Waals surface area contributed by atoms with Gasteiger partial charge in [-0.05, 0) is 6.42 Å². The van der Waals surface area contributed by atoms with E-state index in [9.17, 15) is 24.0 Å². The van der Waals surface area contributed by atoms with Crippen LogP contribution in [0, 0.1) is 0 Å². The SMILES string of the molecule is CN(OC(=O)c1nncnn1)C(=O)CCCC(=O)ON1C(=O)C=CC1=O. The van der Waals surface area contributed by atoms with E-state index in [1.165, 1.54) is 7.05 Å². The third-order valence-electron chi connectivity index (χ3n) is 2.90. The smallest absolute Gasteiger partial charge is 0.330 e. The van der Waals surface area contributed by atoms with Crippen LogP contribution in [0.5, 0.6) is 0 Å². The van der Waals surface area contributed by atoms with Crippen LogP contribution in [-0.4, -0.2) is 67.2 Å². The summed E-state index contributed by atoms with van der Waals surface area (Å²) in [4.78, 5) is 66.8. The zero-order valence-corrected chi connectivity index (χ0v) is 13.4. The van der Waals surface area contributed by atoms with Crippen molar-refractivity contribution in [3.8, 4) is 0 Å². The largest absolute Gasteiger partial charge is 0.404 e. The third-order valence-corrected chi connectivity index (χ3v) is 2.90. The van der Waals surface area contributed by atoms with E-state index in [2.05, 4.69) is 25.2 Å². The van der Waals surface area contributed by atoms with Crippen LogP contribution in [-0.2, 0) is 28.9 Å². The van der Waals surface area contributed by atoms with Gasteiger partial charge in [-0.3, -0.25) is 14.4 Å². The molecule has 0 N–H and O–H groups in total. The minimum atomic E-state index is -1.03. The normalized spacial score (nSPS) is 12.9. The van der Waals surface area contributed by atoms with E-state index in [1.54, 1.807) is 0 Å². The Hall–Kier alpha value is -3.77. The summed E-state index contributed by atoms with van der Waals surface area (Å²) >= 11 is 0. The summed E-state index contributed by atoms with van der Waals surface area (Å²) in [6, 6.07) is 0. The summed E-state index contributed by atoms with van der Waals surface area (Å²) in [7, 11) is 1.19. The third kappa shape index (κ3) is 4.86. The first-order valence-electron chi connectivity index (χ1n) is 7.14. The van der Waals surface area contributed by atoms with Gasteiger partial charge in [0.05, 0.1) is 0 Å². The molecule has 0 aliphatic carbocycles. The quantitative estimate of drug-likeness (QED) is 0.420. The maximum atomic E-state index is 11.8. The van der Waals surface area contributed by atoms with Crippen LogP contribution in [0.2, 0.25) is 0 Å². The molecule has 1 aliphatic rings. The monoisotopic (exact) mass is 364 g/mol. The molecular formula is C13H12N6O7. The first-order valence-corrected chi connectivity index (χ1v) is 7.14. The topological polar surface area (TPSA) is 162 Å². The Bertz CT molecular complexity index is 748. The Labute approximate surface area is 145 Å². The van der Waals surface area contributed by atoms with Gasteiger partial charge in [0.25, 0.3) is 23.5 Å². The standard InChI is InChI=1S/C13H12N6O7/c1-18(26-13(24)12-16-14-7-15-17-12)8(20)3-2-4-11(23)25-19-9(21)5-6-10(19)22/h5-7H,2-4H2,1H3. The molecule has 13 heteroatoms. The molecule has 2 heterocycles. The number of carbonyl (C=O) groups is 5. The second-order valence-electron chi connectivity index (χ2n) is 4.76. The van der Waals surface area contributed by atoms with E-state index in [0.717, 1.165) is 18.5 Å². The molecule has 0 spiro atoms. The van der Waals surface area contributed by atoms with Crippen molar-refractivity contribution in [2.45, 2.75) is 19.3 Å². The number of hydrogen-bond acceptors (Lipinski definition) is 11. The molecule has 0 unspecified atom stereocenters. The van der Waals surface area contributed by atoms with Crippen LogP contribution >= 0.6 is 0 Å². The Balaban J connectivity index is 1.71. The number of nitrogens with zero attached hydrogens (tertiary/aromatic N) is 6. The molecule has 1 aromatic rings. The van der Waals surface area contributed by atoms with Gasteiger partial charge in [0.2, 0.25) is 0 Å². The Morgan fingerprint density at radius 2 is 1.69 bits per heavy atom. The second kappa shape index (κ2) is 8.36. The molecule has 0 saturated carbocycles. The first kappa shape index (κ1) is 18.6. The first-order chi connectivity index (χ1) is 12.4. The van der Waals surface area contributed by atoms with Crippen LogP contribution in [0.1, 0.15) is 29.9 Å². The molecule has 26 heavy (non-hydrogen) atoms. The predicted molar refractivity (Wildman–Crippen MR) is 76.7 cm³/mol. The van der Waals surface area contributed by atoms with Gasteiger partial charge in [-0.25, -0.2) is 9.59 Å². The van der Waals surface area contributed by atoms with Gasteiger partial charge >= 0.3 is 11.9 Å². The number of hydrogen-bond donors (Lipinski definition) is 0. The number of carbonyl (C=O) groups excluding carboxylic acids is 5. The van der Waals surface area contributed by atoms with E-state index in [1.807, 2.05) is 0 Å². The van der Waals surface area contributed by atoms with Crippen molar-refractivity contribution in [3.05, 3.63) is 24.3 Å². The van der Waals surface area contributed by atoms with Gasteiger partial charge in [0.1, 0.15) is 0 Å². The van der Waals surface area contributed by atoms with Gasteiger partial charge in [0.15, 0.2) is 6.33 Å². The second-order valence-corrected chi connectivity index (χ2v) is 4.76. The fraction of sp³-hybridized carbons (Fsp3) is 0.308. The summed E-state index contributed by atoms with van der Waals surface area (Å²) in [5, 5.41) is 14.4. The number of imide groups is 1. The molecule has 1 aliphatic heterocycles. The van der Waals surface area contributed by atoms with Gasteiger partial charge in [-0.15, -0.1) is 20.4 Å². The number of rotatable bonds is 6. The molecule has 0 atom stereocenters. The van der Waals surface area contributed by atoms with E-state index < -0.39 is 35.5 Å². The van der Waals surface area contributed by atoms with Gasteiger partial charge in [-0.2, -0.15) is 5.06 Å². The molecule has 2 rings (SSSR count). The zero-order chi connectivity index (χ0) is 19.1. The maximum Gasteiger partial charge on any atom is 0.404 e. The molecule has 0 fully saturated rings. The molecule has 13 nitrogen and oxygen atoms in total. The minimum absolute atomic E-state index is 0.0359. The highest BCUT2D eigenvalue weighted by Crippen LogP contribution is 2.08. The highest BCUT2D eigenvalue weighted by Gasteiger charge is 2.28. The van der Waals surface area contributed by atoms with Crippen LogP contribution in [0.15, 0.2) is 18.5 Å². The van der Waals surface area contributed by atoms with E-state index >= 15 is 0 Å². The van der Waals surface area contributed by atoms with Crippen LogP contribution < -0.4 is 0 Å². The lowest BCUT2D eigenvalue weighted by molar-refractivity contribution is -0.196. The fourth-order valence-electron chi connectivity index (χ4n) is 1.67. The van der Waals surface area contributed by atoms with E-state index in [0.29, 0.717) is 10.1 Å². The van der Waals surface area contributed by atoms with Crippen LogP contribution in [0.25, 0.3) is 0 Å². The average Bonchev–Trinajstić information content (AvgIpc) is 2.94. The lowest BCUT2D eigenvalue weighted by Crippen LogP contribution is -2.33. The lowest BCUT2D eigenvalue weighted by Gasteiger charge is -2.15. The maximum absolute atomic E-state index is 11.8. The van der Waals surface area contributed by atoms with E-state index in [-0.39, 0.29) is 19.3 Å². The number of aromatic nitrogens is 4. The summed E-state index contributed by atoms with van der Waals surface area (Å²) in [5.74, 6) is -4.46. The van der Waals surface area contributed by atoms with Crippen molar-refractivity contribution in [2.75, 3.05) is 7.05 Å². The zero-order valence-electron chi connectivity index (χ0n) is 13.4. The molecular weight excluding hydrogens is 352 g/mol. The molecule has 0 aromatic carbocycles. The van der Waals surface area contributed by atoms with Crippen molar-refractivity contribution in [1.29, 1.82) is 0 Å². The molecule has 0 saturated heterocycles. The van der Waals surface area contributed by atoms with Crippen molar-refractivity contribution in [2.24, 2.45) is 0 Å². The van der Waals surface area contributed by atoms with Crippen molar-refractivity contribution in [3.63, 3.8) is 0 Å². The summed E-state index contributed by atoms with van der Waals surface area (Å²) in [6.45, 7) is 0. The summed E-state index contributed by atoms with van der Waals surface area (Å²) in [6.07, 6.45) is 2.58. The van der Waals surface area contributed by atoms with Gasteiger partial charge in [-0.1, -0.05) is 5.06 Å². The average molecular weight is 364 g/mol. The highest BCUT2D eigenvalue weighted by molar-refractivity contribution is 6.12. The summed E-state index contributed by atoms with van der Waals surface area (Å²) in [5.41, 5.74) is 0. The number of hydroxylamine groups is 4. The van der Waals surface area contributed by atoms with Crippen LogP contribution in [0.4, 0.5) is 0 Å². The molecule has 136 valence electrons. The van der Waals surface area contributed by atoms with Gasteiger partial charge < -0.3 is 9.68 Å². The molecule has 3 amide bonds. The molecule has 0 radical (unpaired) electrons. The van der Waals surface area contributed by atoms with Crippen LogP contribution in [0.3, 0.4) is 0 Å². The highest BCUT2D eigenvalue weighted by atomic mass is 16.7. The predicted octanol–water partition coefficient (Wildman–Crippen LogP) is -1.65. The minimum Gasteiger partial charge on any atom is -0.330 e. The van der Waals surface area contributed by atoms with Gasteiger partial charge in [0, 0.05) is 32.0 Å². The van der Waals surface area contributed by atoms with E-state index in [4.69, 9.17) is 4.84 Å². The number of amides is 3. The lowest BCUT2D eigenvalue weighted by atomic mass is 10.2.